The number of rotatable bonds is 4. The molecule has 2 N–H and O–H groups in total. The Bertz CT molecular complexity index is 889. The summed E-state index contributed by atoms with van der Waals surface area (Å²) in [6.07, 6.45) is 0. The van der Waals surface area contributed by atoms with Crippen molar-refractivity contribution in [1.29, 1.82) is 0 Å². The number of hydrogen-bond donors (Lipinski definition) is 2. The van der Waals surface area contributed by atoms with Crippen molar-refractivity contribution in [2.45, 2.75) is 6.61 Å². The number of anilines is 1. The van der Waals surface area contributed by atoms with E-state index in [9.17, 15) is 4.79 Å². The van der Waals surface area contributed by atoms with E-state index in [0.717, 1.165) is 0 Å². The van der Waals surface area contributed by atoms with Crippen molar-refractivity contribution in [2.75, 3.05) is 5.32 Å². The minimum absolute atomic E-state index is 0.0954. The summed E-state index contributed by atoms with van der Waals surface area (Å²) in [5, 5.41) is 12.9. The standard InChI is InChI=1S/C18H13Cl2NO3/c19-12-4-5-15(20)14(9-12)16-6-7-17(24-16)18(23)21-13-3-1-2-11(8-13)10-22/h1-9,22H,10H2,(H,21,23). The van der Waals surface area contributed by atoms with E-state index in [1.807, 2.05) is 0 Å². The van der Waals surface area contributed by atoms with Gasteiger partial charge in [0, 0.05) is 16.3 Å². The summed E-state index contributed by atoms with van der Waals surface area (Å²) in [7, 11) is 0. The van der Waals surface area contributed by atoms with Crippen LogP contribution in [0.5, 0.6) is 0 Å². The molecule has 6 heteroatoms. The lowest BCUT2D eigenvalue weighted by atomic mass is 10.2. The summed E-state index contributed by atoms with van der Waals surface area (Å²) < 4.78 is 5.59. The largest absolute Gasteiger partial charge is 0.451 e. The molecule has 4 nitrogen and oxygen atoms in total. The summed E-state index contributed by atoms with van der Waals surface area (Å²) in [6, 6.07) is 15.2. The minimum atomic E-state index is -0.394. The maximum Gasteiger partial charge on any atom is 0.291 e. The van der Waals surface area contributed by atoms with Gasteiger partial charge in [-0.05, 0) is 48.0 Å². The van der Waals surface area contributed by atoms with E-state index in [1.54, 1.807) is 54.6 Å². The van der Waals surface area contributed by atoms with Gasteiger partial charge in [0.2, 0.25) is 0 Å². The molecule has 0 radical (unpaired) electrons. The number of hydrogen-bond acceptors (Lipinski definition) is 3. The van der Waals surface area contributed by atoms with Gasteiger partial charge in [0.15, 0.2) is 5.76 Å². The molecule has 0 aliphatic heterocycles. The molecule has 122 valence electrons. The highest BCUT2D eigenvalue weighted by molar-refractivity contribution is 6.35. The van der Waals surface area contributed by atoms with E-state index in [0.29, 0.717) is 32.6 Å². The first-order chi connectivity index (χ1) is 11.6. The third-order valence-electron chi connectivity index (χ3n) is 3.39. The molecule has 3 aromatic rings. The number of furan rings is 1. The van der Waals surface area contributed by atoms with Gasteiger partial charge >= 0.3 is 0 Å². The van der Waals surface area contributed by atoms with Crippen LogP contribution in [0.3, 0.4) is 0 Å². The highest BCUT2D eigenvalue weighted by Crippen LogP contribution is 2.32. The summed E-state index contributed by atoms with van der Waals surface area (Å²) in [5.41, 5.74) is 1.90. The fraction of sp³-hybridized carbons (Fsp3) is 0.0556. The van der Waals surface area contributed by atoms with Crippen molar-refractivity contribution in [3.8, 4) is 11.3 Å². The average Bonchev–Trinajstić information content (AvgIpc) is 3.07. The summed E-state index contributed by atoms with van der Waals surface area (Å²) >= 11 is 12.1. The molecule has 0 spiro atoms. The van der Waals surface area contributed by atoms with Crippen LogP contribution in [-0.4, -0.2) is 11.0 Å². The third kappa shape index (κ3) is 3.62. The number of amides is 1. The average molecular weight is 362 g/mol. The van der Waals surface area contributed by atoms with Crippen molar-refractivity contribution in [1.82, 2.24) is 0 Å². The van der Waals surface area contributed by atoms with Crippen LogP contribution in [0.15, 0.2) is 59.0 Å². The second-order valence-corrected chi connectivity index (χ2v) is 5.94. The van der Waals surface area contributed by atoms with E-state index >= 15 is 0 Å². The molecule has 24 heavy (non-hydrogen) atoms. The molecule has 1 amide bonds. The second-order valence-electron chi connectivity index (χ2n) is 5.10. The van der Waals surface area contributed by atoms with E-state index in [-0.39, 0.29) is 12.4 Å². The van der Waals surface area contributed by atoms with Gasteiger partial charge in [-0.2, -0.15) is 0 Å². The Hall–Kier alpha value is -2.27. The maximum atomic E-state index is 12.3. The Labute approximate surface area is 148 Å². The SMILES string of the molecule is O=C(Nc1cccc(CO)c1)c1ccc(-c2cc(Cl)ccc2Cl)o1. The number of halogens is 2. The van der Waals surface area contributed by atoms with E-state index in [1.165, 1.54) is 0 Å². The van der Waals surface area contributed by atoms with E-state index in [4.69, 9.17) is 32.7 Å². The van der Waals surface area contributed by atoms with Gasteiger partial charge in [-0.1, -0.05) is 35.3 Å². The van der Waals surface area contributed by atoms with Gasteiger partial charge < -0.3 is 14.8 Å². The van der Waals surface area contributed by atoms with Gasteiger partial charge in [-0.25, -0.2) is 0 Å². The molecular weight excluding hydrogens is 349 g/mol. The predicted molar refractivity (Wildman–Crippen MR) is 94.5 cm³/mol. The van der Waals surface area contributed by atoms with Gasteiger partial charge in [-0.3, -0.25) is 4.79 Å². The van der Waals surface area contributed by atoms with E-state index < -0.39 is 5.91 Å². The van der Waals surface area contributed by atoms with Crippen molar-refractivity contribution < 1.29 is 14.3 Å². The Morgan fingerprint density at radius 1 is 1.08 bits per heavy atom. The number of aliphatic hydroxyl groups is 1. The lowest BCUT2D eigenvalue weighted by Crippen LogP contribution is -2.10. The Kier molecular flexibility index (Phi) is 4.90. The van der Waals surface area contributed by atoms with Crippen LogP contribution < -0.4 is 5.32 Å². The first kappa shape index (κ1) is 16.6. The van der Waals surface area contributed by atoms with Gasteiger partial charge in [0.1, 0.15) is 5.76 Å². The first-order valence-electron chi connectivity index (χ1n) is 7.13. The van der Waals surface area contributed by atoms with Crippen molar-refractivity contribution >= 4 is 34.8 Å². The number of benzene rings is 2. The predicted octanol–water partition coefficient (Wildman–Crippen LogP) is 5.00. The molecule has 0 saturated heterocycles. The molecular formula is C18H13Cl2NO3. The van der Waals surface area contributed by atoms with Gasteiger partial charge in [0.05, 0.1) is 11.6 Å². The Balaban J connectivity index is 1.82. The smallest absolute Gasteiger partial charge is 0.291 e. The van der Waals surface area contributed by atoms with Crippen LogP contribution in [0.2, 0.25) is 10.0 Å². The third-order valence-corrected chi connectivity index (χ3v) is 3.96. The van der Waals surface area contributed by atoms with Gasteiger partial charge in [0.25, 0.3) is 5.91 Å². The lowest BCUT2D eigenvalue weighted by molar-refractivity contribution is 0.0997. The van der Waals surface area contributed by atoms with Crippen LogP contribution in [0, 0.1) is 0 Å². The summed E-state index contributed by atoms with van der Waals surface area (Å²) in [4.78, 5) is 12.3. The molecule has 0 aliphatic carbocycles. The normalized spacial score (nSPS) is 10.6. The van der Waals surface area contributed by atoms with Crippen LogP contribution >= 0.6 is 23.2 Å². The summed E-state index contributed by atoms with van der Waals surface area (Å²) in [6.45, 7) is -0.0954. The van der Waals surface area contributed by atoms with E-state index in [2.05, 4.69) is 5.32 Å². The fourth-order valence-electron chi connectivity index (χ4n) is 2.23. The molecule has 1 aromatic heterocycles. The monoisotopic (exact) mass is 361 g/mol. The minimum Gasteiger partial charge on any atom is -0.451 e. The zero-order valence-corrected chi connectivity index (χ0v) is 13.9. The molecule has 0 fully saturated rings. The highest BCUT2D eigenvalue weighted by Gasteiger charge is 2.14. The van der Waals surface area contributed by atoms with Crippen molar-refractivity contribution in [3.63, 3.8) is 0 Å². The lowest BCUT2D eigenvalue weighted by Gasteiger charge is -2.05. The van der Waals surface area contributed by atoms with Gasteiger partial charge in [-0.15, -0.1) is 0 Å². The molecule has 2 aromatic carbocycles. The number of carbonyl (C=O) groups is 1. The number of carbonyl (C=O) groups excluding carboxylic acids is 1. The second kappa shape index (κ2) is 7.09. The first-order valence-corrected chi connectivity index (χ1v) is 7.89. The van der Waals surface area contributed by atoms with Crippen molar-refractivity contribution in [3.05, 3.63) is 76.0 Å². The molecule has 0 bridgehead atoms. The number of aliphatic hydroxyl groups excluding tert-OH is 1. The molecule has 1 heterocycles. The van der Waals surface area contributed by atoms with Crippen LogP contribution in [0.25, 0.3) is 11.3 Å². The topological polar surface area (TPSA) is 62.5 Å². The summed E-state index contributed by atoms with van der Waals surface area (Å²) in [5.74, 6) is 0.210. The molecule has 0 aliphatic rings. The molecule has 3 rings (SSSR count). The van der Waals surface area contributed by atoms with Crippen LogP contribution in [0.4, 0.5) is 5.69 Å². The Morgan fingerprint density at radius 2 is 1.92 bits per heavy atom. The zero-order valence-electron chi connectivity index (χ0n) is 12.4. The molecule has 0 saturated carbocycles. The number of nitrogens with one attached hydrogen (secondary N) is 1. The molecule has 0 atom stereocenters. The van der Waals surface area contributed by atoms with Crippen LogP contribution in [-0.2, 0) is 6.61 Å². The fourth-order valence-corrected chi connectivity index (χ4v) is 2.61. The Morgan fingerprint density at radius 3 is 2.71 bits per heavy atom. The van der Waals surface area contributed by atoms with Crippen LogP contribution in [0.1, 0.15) is 16.1 Å². The van der Waals surface area contributed by atoms with Crippen molar-refractivity contribution in [2.24, 2.45) is 0 Å². The highest BCUT2D eigenvalue weighted by atomic mass is 35.5. The maximum absolute atomic E-state index is 12.3. The zero-order chi connectivity index (χ0) is 17.1. The quantitative estimate of drug-likeness (QED) is 0.687. The molecule has 0 unspecified atom stereocenters.